The fourth-order valence-electron chi connectivity index (χ4n) is 2.74. The van der Waals surface area contributed by atoms with Crippen molar-refractivity contribution in [3.8, 4) is 11.5 Å². The van der Waals surface area contributed by atoms with Crippen LogP contribution in [0.5, 0.6) is 11.5 Å². The molecule has 0 aliphatic carbocycles. The number of nitrogens with one attached hydrogen (secondary N) is 3. The van der Waals surface area contributed by atoms with Crippen LogP contribution >= 0.6 is 24.0 Å². The summed E-state index contributed by atoms with van der Waals surface area (Å²) in [7, 11) is 3.32. The summed E-state index contributed by atoms with van der Waals surface area (Å²) in [5.41, 5.74) is 1.60. The molecule has 1 amide bonds. The number of hydrogen-bond acceptors (Lipinski definition) is 5. The predicted octanol–water partition coefficient (Wildman–Crippen LogP) is 4.08. The lowest BCUT2D eigenvalue weighted by Crippen LogP contribution is -2.42. The van der Waals surface area contributed by atoms with E-state index in [1.807, 2.05) is 69.3 Å². The van der Waals surface area contributed by atoms with Gasteiger partial charge >= 0.3 is 6.09 Å². The van der Waals surface area contributed by atoms with E-state index in [0.29, 0.717) is 43.7 Å². The normalized spacial score (nSPS) is 11.1. The molecule has 182 valence electrons. The summed E-state index contributed by atoms with van der Waals surface area (Å²) in [6.07, 6.45) is -0.441. The van der Waals surface area contributed by atoms with Crippen LogP contribution in [0.25, 0.3) is 0 Å². The van der Waals surface area contributed by atoms with Crippen LogP contribution in [0, 0.1) is 0 Å². The highest BCUT2D eigenvalue weighted by molar-refractivity contribution is 14.0. The smallest absolute Gasteiger partial charge is 0.407 e. The molecule has 2 aromatic carbocycles. The van der Waals surface area contributed by atoms with Crippen molar-refractivity contribution >= 4 is 36.0 Å². The van der Waals surface area contributed by atoms with Crippen LogP contribution in [-0.4, -0.2) is 44.9 Å². The largest absolute Gasteiger partial charge is 0.493 e. The number of rotatable bonds is 9. The molecule has 0 aliphatic heterocycles. The molecule has 3 N–H and O–H groups in total. The lowest BCUT2D eigenvalue weighted by molar-refractivity contribution is 0.0529. The number of alkyl carbamates (subject to hydrolysis) is 1. The third-order valence-corrected chi connectivity index (χ3v) is 4.23. The molecule has 0 aromatic heterocycles. The first kappa shape index (κ1) is 28.3. The van der Waals surface area contributed by atoms with E-state index >= 15 is 0 Å². The number of halogens is 1. The molecule has 0 aliphatic rings. The zero-order valence-electron chi connectivity index (χ0n) is 19.9. The molecular weight excluding hydrogens is 535 g/mol. The fraction of sp³-hybridized carbons (Fsp3) is 0.417. The van der Waals surface area contributed by atoms with Crippen LogP contribution in [0.3, 0.4) is 0 Å². The third kappa shape index (κ3) is 11.1. The van der Waals surface area contributed by atoms with Gasteiger partial charge < -0.3 is 30.2 Å². The van der Waals surface area contributed by atoms with Crippen molar-refractivity contribution in [1.29, 1.82) is 0 Å². The first-order valence-corrected chi connectivity index (χ1v) is 10.6. The van der Waals surface area contributed by atoms with Gasteiger partial charge in [-0.25, -0.2) is 4.79 Å². The van der Waals surface area contributed by atoms with Crippen molar-refractivity contribution in [2.45, 2.75) is 39.5 Å². The van der Waals surface area contributed by atoms with E-state index in [1.165, 1.54) is 0 Å². The Morgan fingerprint density at radius 1 is 0.939 bits per heavy atom. The summed E-state index contributed by atoms with van der Waals surface area (Å²) in [6, 6.07) is 15.8. The van der Waals surface area contributed by atoms with Gasteiger partial charge in [-0.2, -0.15) is 0 Å². The van der Waals surface area contributed by atoms with Crippen molar-refractivity contribution in [3.63, 3.8) is 0 Å². The zero-order valence-corrected chi connectivity index (χ0v) is 22.3. The van der Waals surface area contributed by atoms with E-state index in [0.717, 1.165) is 11.1 Å². The Bertz CT molecular complexity index is 886. The minimum absolute atomic E-state index is 0. The molecule has 9 heteroatoms. The number of guanidine groups is 1. The topological polar surface area (TPSA) is 93.2 Å². The van der Waals surface area contributed by atoms with E-state index < -0.39 is 11.7 Å². The van der Waals surface area contributed by atoms with Crippen LogP contribution in [0.2, 0.25) is 0 Å². The van der Waals surface area contributed by atoms with Gasteiger partial charge in [0.2, 0.25) is 0 Å². The van der Waals surface area contributed by atoms with Crippen LogP contribution in [0.4, 0.5) is 4.79 Å². The molecule has 0 saturated heterocycles. The molecule has 2 aromatic rings. The van der Waals surface area contributed by atoms with Crippen LogP contribution in [0.15, 0.2) is 53.5 Å². The van der Waals surface area contributed by atoms with Gasteiger partial charge in [0.25, 0.3) is 0 Å². The average Bonchev–Trinajstić information content (AvgIpc) is 2.77. The SMILES string of the molecule is CN=C(NCCNC(=O)OC(C)(C)C)NCc1ccc(OCc2ccccc2)c(OC)c1.I. The summed E-state index contributed by atoms with van der Waals surface area (Å²) >= 11 is 0. The number of nitrogens with zero attached hydrogens (tertiary/aromatic N) is 1. The maximum atomic E-state index is 11.7. The quantitative estimate of drug-likeness (QED) is 0.182. The predicted molar refractivity (Wildman–Crippen MR) is 142 cm³/mol. The number of hydrogen-bond donors (Lipinski definition) is 3. The Kier molecular flexibility index (Phi) is 12.4. The van der Waals surface area contributed by atoms with E-state index in [9.17, 15) is 4.79 Å². The van der Waals surface area contributed by atoms with Gasteiger partial charge in [-0.15, -0.1) is 24.0 Å². The van der Waals surface area contributed by atoms with E-state index in [4.69, 9.17) is 14.2 Å². The summed E-state index contributed by atoms with van der Waals surface area (Å²) in [5.74, 6) is 1.99. The minimum atomic E-state index is -0.516. The van der Waals surface area contributed by atoms with Crippen molar-refractivity contribution in [1.82, 2.24) is 16.0 Å². The highest BCUT2D eigenvalue weighted by Crippen LogP contribution is 2.28. The third-order valence-electron chi connectivity index (χ3n) is 4.23. The number of benzene rings is 2. The number of carbonyl (C=O) groups is 1. The second-order valence-electron chi connectivity index (χ2n) is 8.04. The zero-order chi connectivity index (χ0) is 23.4. The number of aliphatic imine (C=N–C) groups is 1. The number of methoxy groups -OCH3 is 1. The first-order valence-electron chi connectivity index (χ1n) is 10.6. The number of ether oxygens (including phenoxy) is 3. The van der Waals surface area contributed by atoms with Crippen molar-refractivity contribution in [2.75, 3.05) is 27.2 Å². The van der Waals surface area contributed by atoms with E-state index in [1.54, 1.807) is 14.2 Å². The molecule has 2 rings (SSSR count). The molecule has 0 atom stereocenters. The Hall–Kier alpha value is -2.69. The van der Waals surface area contributed by atoms with Gasteiger partial charge in [0.1, 0.15) is 12.2 Å². The first-order chi connectivity index (χ1) is 15.3. The highest BCUT2D eigenvalue weighted by atomic mass is 127. The van der Waals surface area contributed by atoms with E-state index in [-0.39, 0.29) is 24.0 Å². The Morgan fingerprint density at radius 2 is 1.64 bits per heavy atom. The van der Waals surface area contributed by atoms with Crippen molar-refractivity contribution in [2.24, 2.45) is 4.99 Å². The Balaban J connectivity index is 0.00000544. The Labute approximate surface area is 213 Å². The number of carbonyl (C=O) groups excluding carboxylic acids is 1. The molecule has 0 fully saturated rings. The molecule has 8 nitrogen and oxygen atoms in total. The lowest BCUT2D eigenvalue weighted by atomic mass is 10.2. The van der Waals surface area contributed by atoms with Gasteiger partial charge in [-0.3, -0.25) is 4.99 Å². The molecule has 33 heavy (non-hydrogen) atoms. The molecule has 0 spiro atoms. The summed E-state index contributed by atoms with van der Waals surface area (Å²) in [5, 5.41) is 9.09. The van der Waals surface area contributed by atoms with E-state index in [2.05, 4.69) is 20.9 Å². The number of amides is 1. The molecule has 0 unspecified atom stereocenters. The summed E-state index contributed by atoms with van der Waals surface area (Å²) in [6.45, 7) is 7.43. The van der Waals surface area contributed by atoms with Crippen molar-refractivity contribution in [3.05, 3.63) is 59.7 Å². The van der Waals surface area contributed by atoms with Gasteiger partial charge in [0.05, 0.1) is 7.11 Å². The highest BCUT2D eigenvalue weighted by Gasteiger charge is 2.15. The minimum Gasteiger partial charge on any atom is -0.493 e. The van der Waals surface area contributed by atoms with Gasteiger partial charge in [0, 0.05) is 26.7 Å². The molecule has 0 radical (unpaired) electrons. The van der Waals surface area contributed by atoms with Gasteiger partial charge in [-0.1, -0.05) is 36.4 Å². The second kappa shape index (κ2) is 14.5. The van der Waals surface area contributed by atoms with Gasteiger partial charge in [0.15, 0.2) is 17.5 Å². The average molecular weight is 570 g/mol. The molecule has 0 saturated carbocycles. The van der Waals surface area contributed by atoms with Gasteiger partial charge in [-0.05, 0) is 44.0 Å². The summed E-state index contributed by atoms with van der Waals surface area (Å²) < 4.78 is 16.6. The second-order valence-corrected chi connectivity index (χ2v) is 8.04. The summed E-state index contributed by atoms with van der Waals surface area (Å²) in [4.78, 5) is 15.9. The van der Waals surface area contributed by atoms with Crippen LogP contribution in [-0.2, 0) is 17.9 Å². The molecular formula is C24H35IN4O4. The standard InChI is InChI=1S/C24H34N4O4.HI/c1-24(2,3)32-23(29)27-14-13-26-22(25-4)28-16-19-11-12-20(21(15-19)30-5)31-17-18-9-7-6-8-10-18;/h6-12,15H,13-14,16-17H2,1-5H3,(H,27,29)(H2,25,26,28);1H. The van der Waals surface area contributed by atoms with Crippen LogP contribution in [0.1, 0.15) is 31.9 Å². The monoisotopic (exact) mass is 570 g/mol. The lowest BCUT2D eigenvalue weighted by Gasteiger charge is -2.20. The molecule has 0 heterocycles. The fourth-order valence-corrected chi connectivity index (χ4v) is 2.74. The maximum Gasteiger partial charge on any atom is 0.407 e. The van der Waals surface area contributed by atoms with Crippen LogP contribution < -0.4 is 25.4 Å². The Morgan fingerprint density at radius 3 is 2.27 bits per heavy atom. The molecule has 0 bridgehead atoms. The maximum absolute atomic E-state index is 11.7. The van der Waals surface area contributed by atoms with Crippen molar-refractivity contribution < 1.29 is 19.0 Å².